The molecular weight excluding hydrogens is 216 g/mol. The first kappa shape index (κ1) is 13.3. The summed E-state index contributed by atoms with van der Waals surface area (Å²) in [5.41, 5.74) is 7.61. The van der Waals surface area contributed by atoms with Crippen molar-refractivity contribution >= 4 is 11.5 Å². The van der Waals surface area contributed by atoms with Crippen LogP contribution in [-0.4, -0.2) is 23.1 Å². The van der Waals surface area contributed by atoms with Gasteiger partial charge in [0.05, 0.1) is 6.61 Å². The van der Waals surface area contributed by atoms with E-state index in [0.29, 0.717) is 30.5 Å². The summed E-state index contributed by atoms with van der Waals surface area (Å²) < 4.78 is 5.42. The summed E-state index contributed by atoms with van der Waals surface area (Å²) in [4.78, 5) is 8.09. The van der Waals surface area contributed by atoms with Crippen LogP contribution >= 0.6 is 0 Å². The Morgan fingerprint density at radius 3 is 2.88 bits per heavy atom. The Hall–Kier alpha value is -1.78. The Labute approximate surface area is 102 Å². The minimum Gasteiger partial charge on any atom is -0.476 e. The topological polar surface area (TPSA) is 73.1 Å². The molecule has 0 spiro atoms. The molecule has 0 amide bonds. The number of rotatable bonds is 6. The molecule has 0 aliphatic carbocycles. The molecule has 1 aromatic heterocycles. The van der Waals surface area contributed by atoms with Gasteiger partial charge in [-0.3, -0.25) is 0 Å². The number of aromatic nitrogens is 2. The van der Waals surface area contributed by atoms with Crippen molar-refractivity contribution in [1.82, 2.24) is 9.97 Å². The summed E-state index contributed by atoms with van der Waals surface area (Å²) in [5.74, 6) is 1.06. The summed E-state index contributed by atoms with van der Waals surface area (Å²) in [7, 11) is 0. The summed E-state index contributed by atoms with van der Waals surface area (Å²) >= 11 is 0. The normalized spacial score (nSPS) is 9.82. The van der Waals surface area contributed by atoms with Crippen molar-refractivity contribution in [3.05, 3.63) is 18.0 Å². The molecule has 0 unspecified atom stereocenters. The van der Waals surface area contributed by atoms with Gasteiger partial charge in [-0.2, -0.15) is 4.98 Å². The van der Waals surface area contributed by atoms with Crippen LogP contribution in [0.25, 0.3) is 0 Å². The van der Waals surface area contributed by atoms with Crippen LogP contribution in [0.1, 0.15) is 27.2 Å². The zero-order valence-electron chi connectivity index (χ0n) is 10.7. The van der Waals surface area contributed by atoms with Gasteiger partial charge in [0.25, 0.3) is 0 Å². The van der Waals surface area contributed by atoms with Crippen LogP contribution in [0.5, 0.6) is 5.88 Å². The number of anilines is 2. The molecular formula is C12H20N4O. The van der Waals surface area contributed by atoms with Crippen LogP contribution in [0.4, 0.5) is 11.5 Å². The van der Waals surface area contributed by atoms with Crippen LogP contribution in [0.3, 0.4) is 0 Å². The molecule has 0 saturated heterocycles. The lowest BCUT2D eigenvalue weighted by atomic mass is 10.3. The van der Waals surface area contributed by atoms with Crippen molar-refractivity contribution in [1.29, 1.82) is 0 Å². The van der Waals surface area contributed by atoms with E-state index in [9.17, 15) is 0 Å². The Balaban J connectivity index is 2.69. The molecule has 0 bridgehead atoms. The molecule has 0 fully saturated rings. The van der Waals surface area contributed by atoms with Crippen LogP contribution in [0.2, 0.25) is 0 Å². The molecule has 1 heterocycles. The maximum Gasteiger partial charge on any atom is 0.242 e. The van der Waals surface area contributed by atoms with E-state index >= 15 is 0 Å². The predicted octanol–water partition coefficient (Wildman–Crippen LogP) is 2.23. The van der Waals surface area contributed by atoms with E-state index in [-0.39, 0.29) is 0 Å². The van der Waals surface area contributed by atoms with E-state index in [4.69, 9.17) is 10.5 Å². The highest BCUT2D eigenvalue weighted by Gasteiger charge is 2.07. The third-order valence-electron chi connectivity index (χ3n) is 2.07. The lowest BCUT2D eigenvalue weighted by molar-refractivity contribution is 0.307. The zero-order chi connectivity index (χ0) is 12.7. The monoisotopic (exact) mass is 236 g/mol. The second-order valence-electron chi connectivity index (χ2n) is 3.95. The minimum atomic E-state index is 0.446. The van der Waals surface area contributed by atoms with Gasteiger partial charge in [-0.25, -0.2) is 4.98 Å². The third kappa shape index (κ3) is 4.30. The Morgan fingerprint density at radius 1 is 1.47 bits per heavy atom. The lowest BCUT2D eigenvalue weighted by Crippen LogP contribution is -2.08. The van der Waals surface area contributed by atoms with Crippen molar-refractivity contribution in [2.24, 2.45) is 0 Å². The van der Waals surface area contributed by atoms with E-state index in [0.717, 1.165) is 6.42 Å². The van der Waals surface area contributed by atoms with Gasteiger partial charge in [-0.1, -0.05) is 18.6 Å². The maximum atomic E-state index is 5.91. The Morgan fingerprint density at radius 2 is 2.24 bits per heavy atom. The molecule has 0 radical (unpaired) electrons. The van der Waals surface area contributed by atoms with Crippen LogP contribution < -0.4 is 15.8 Å². The van der Waals surface area contributed by atoms with Gasteiger partial charge < -0.3 is 15.8 Å². The molecule has 3 N–H and O–H groups in total. The molecule has 17 heavy (non-hydrogen) atoms. The van der Waals surface area contributed by atoms with Gasteiger partial charge in [-0.15, -0.1) is 0 Å². The first-order valence-electron chi connectivity index (χ1n) is 5.75. The molecule has 5 nitrogen and oxygen atoms in total. The van der Waals surface area contributed by atoms with Crippen molar-refractivity contribution in [2.75, 3.05) is 24.2 Å². The second kappa shape index (κ2) is 6.73. The van der Waals surface area contributed by atoms with E-state index in [1.165, 1.54) is 11.9 Å². The summed E-state index contributed by atoms with van der Waals surface area (Å²) in [6.07, 6.45) is 4.43. The highest BCUT2D eigenvalue weighted by Crippen LogP contribution is 2.24. The molecule has 0 saturated carbocycles. The van der Waals surface area contributed by atoms with Crippen molar-refractivity contribution in [3.8, 4) is 5.88 Å². The van der Waals surface area contributed by atoms with Crippen molar-refractivity contribution in [2.45, 2.75) is 27.2 Å². The molecule has 0 aromatic carbocycles. The lowest BCUT2D eigenvalue weighted by Gasteiger charge is -2.10. The number of nitrogen functional groups attached to an aromatic ring is 1. The average molecular weight is 236 g/mol. The maximum absolute atomic E-state index is 5.91. The predicted molar refractivity (Wildman–Crippen MR) is 70.2 cm³/mol. The molecule has 5 heteroatoms. The van der Waals surface area contributed by atoms with Crippen LogP contribution in [-0.2, 0) is 0 Å². The number of hydrogen-bond donors (Lipinski definition) is 2. The van der Waals surface area contributed by atoms with E-state index in [1.54, 1.807) is 0 Å². The number of nitrogens with two attached hydrogens (primary N) is 1. The quantitative estimate of drug-likeness (QED) is 0.741. The number of ether oxygens (including phenoxy) is 1. The molecule has 1 aromatic rings. The van der Waals surface area contributed by atoms with Crippen LogP contribution in [0, 0.1) is 0 Å². The average Bonchev–Trinajstić information content (AvgIpc) is 2.29. The largest absolute Gasteiger partial charge is 0.476 e. The number of nitrogens with one attached hydrogen (secondary N) is 1. The Bertz CT molecular complexity index is 386. The Kier molecular flexibility index (Phi) is 5.26. The zero-order valence-corrected chi connectivity index (χ0v) is 10.7. The van der Waals surface area contributed by atoms with Crippen molar-refractivity contribution < 1.29 is 4.74 Å². The van der Waals surface area contributed by atoms with E-state index in [2.05, 4.69) is 21.4 Å². The molecule has 0 atom stereocenters. The number of hydrogen-bond acceptors (Lipinski definition) is 5. The highest BCUT2D eigenvalue weighted by molar-refractivity contribution is 5.66. The van der Waals surface area contributed by atoms with Crippen LogP contribution in [0.15, 0.2) is 18.0 Å². The van der Waals surface area contributed by atoms with Gasteiger partial charge in [0, 0.05) is 6.54 Å². The third-order valence-corrected chi connectivity index (χ3v) is 2.07. The second-order valence-corrected chi connectivity index (χ2v) is 3.95. The first-order valence-corrected chi connectivity index (χ1v) is 5.75. The molecule has 94 valence electrons. The highest BCUT2D eigenvalue weighted by atomic mass is 16.5. The number of nitrogens with zero attached hydrogens (tertiary/aromatic N) is 2. The van der Waals surface area contributed by atoms with Gasteiger partial charge in [-0.05, 0) is 20.3 Å². The summed E-state index contributed by atoms with van der Waals surface area (Å²) in [6, 6.07) is 0. The molecule has 0 aliphatic rings. The summed E-state index contributed by atoms with van der Waals surface area (Å²) in [5, 5.41) is 3.13. The van der Waals surface area contributed by atoms with Gasteiger partial charge in [0.2, 0.25) is 5.88 Å². The summed E-state index contributed by atoms with van der Waals surface area (Å²) in [6.45, 7) is 7.42. The standard InChI is InChI=1S/C12H20N4O/c1-4-7-17-12-10(13)11(15-8-16-12)14-6-5-9(2)3/h5,8H,4,6-7,13H2,1-3H3,(H,14,15,16). The van der Waals surface area contributed by atoms with Gasteiger partial charge in [0.1, 0.15) is 12.0 Å². The molecule has 1 rings (SSSR count). The van der Waals surface area contributed by atoms with Gasteiger partial charge >= 0.3 is 0 Å². The fourth-order valence-corrected chi connectivity index (χ4v) is 1.19. The smallest absolute Gasteiger partial charge is 0.242 e. The SMILES string of the molecule is CCCOc1ncnc(NCC=C(C)C)c1N. The molecule has 0 aliphatic heterocycles. The van der Waals surface area contributed by atoms with E-state index in [1.807, 2.05) is 20.8 Å². The fraction of sp³-hybridized carbons (Fsp3) is 0.500. The van der Waals surface area contributed by atoms with Gasteiger partial charge in [0.15, 0.2) is 5.82 Å². The minimum absolute atomic E-state index is 0.446. The van der Waals surface area contributed by atoms with Crippen molar-refractivity contribution in [3.63, 3.8) is 0 Å². The fourth-order valence-electron chi connectivity index (χ4n) is 1.19. The number of allylic oxidation sites excluding steroid dienone is 1. The van der Waals surface area contributed by atoms with E-state index < -0.39 is 0 Å². The first-order chi connectivity index (χ1) is 8.15.